The number of hydrogen-bond acceptors (Lipinski definition) is 5. The summed E-state index contributed by atoms with van der Waals surface area (Å²) in [6.07, 6.45) is 5.76. The molecule has 0 bridgehead atoms. The smallest absolute Gasteiger partial charge is 0.222 e. The van der Waals surface area contributed by atoms with Gasteiger partial charge in [0.05, 0.1) is 6.61 Å². The second-order valence-corrected chi connectivity index (χ2v) is 7.17. The zero-order valence-electron chi connectivity index (χ0n) is 14.5. The van der Waals surface area contributed by atoms with Gasteiger partial charge in [-0.1, -0.05) is 6.07 Å². The van der Waals surface area contributed by atoms with Gasteiger partial charge in [-0.2, -0.15) is 0 Å². The maximum absolute atomic E-state index is 12.2. The number of rotatable bonds is 5. The highest BCUT2D eigenvalue weighted by Gasteiger charge is 2.41. The van der Waals surface area contributed by atoms with Crippen LogP contribution in [0, 0.1) is 5.41 Å². The number of nitrogens with two attached hydrogens (primary N) is 1. The Morgan fingerprint density at radius 3 is 3.04 bits per heavy atom. The average Bonchev–Trinajstić information content (AvgIpc) is 2.58. The second kappa shape index (κ2) is 7.49. The Morgan fingerprint density at radius 1 is 1.38 bits per heavy atom. The molecule has 1 amide bonds. The van der Waals surface area contributed by atoms with Crippen LogP contribution >= 0.6 is 0 Å². The lowest BCUT2D eigenvalue weighted by Gasteiger charge is -2.48. The number of pyridine rings is 1. The minimum Gasteiger partial charge on any atom is -0.383 e. The molecule has 6 heteroatoms. The third kappa shape index (κ3) is 3.87. The van der Waals surface area contributed by atoms with Crippen LogP contribution in [0.2, 0.25) is 0 Å². The topological polar surface area (TPSA) is 71.7 Å². The molecule has 6 nitrogen and oxygen atoms in total. The van der Waals surface area contributed by atoms with Crippen molar-refractivity contribution in [1.29, 1.82) is 0 Å². The number of carbonyl (C=O) groups excluding carboxylic acids is 1. The monoisotopic (exact) mass is 332 g/mol. The van der Waals surface area contributed by atoms with Gasteiger partial charge in [0.15, 0.2) is 0 Å². The van der Waals surface area contributed by atoms with E-state index in [4.69, 9.17) is 10.5 Å². The molecule has 0 saturated carbocycles. The van der Waals surface area contributed by atoms with Gasteiger partial charge in [0, 0.05) is 56.9 Å². The van der Waals surface area contributed by atoms with Crippen molar-refractivity contribution in [1.82, 2.24) is 14.8 Å². The van der Waals surface area contributed by atoms with E-state index < -0.39 is 0 Å². The lowest BCUT2D eigenvalue weighted by molar-refractivity contribution is -0.140. The maximum Gasteiger partial charge on any atom is 0.222 e. The molecule has 1 spiro atoms. The maximum atomic E-state index is 12.2. The van der Waals surface area contributed by atoms with Crippen LogP contribution in [-0.2, 0) is 16.1 Å². The molecule has 2 aliphatic rings. The SMILES string of the molecule is COCCN1C[C@]2(CCCN(Cc3cccnc3N)C2)CCC1=O. The highest BCUT2D eigenvalue weighted by molar-refractivity contribution is 5.77. The molecule has 3 rings (SSSR count). The zero-order valence-corrected chi connectivity index (χ0v) is 14.5. The normalized spacial score (nSPS) is 25.4. The number of carbonyl (C=O) groups is 1. The Kier molecular flexibility index (Phi) is 5.36. The molecule has 0 aliphatic carbocycles. The van der Waals surface area contributed by atoms with Crippen molar-refractivity contribution in [2.24, 2.45) is 5.41 Å². The van der Waals surface area contributed by atoms with Gasteiger partial charge >= 0.3 is 0 Å². The number of aromatic nitrogens is 1. The van der Waals surface area contributed by atoms with E-state index >= 15 is 0 Å². The van der Waals surface area contributed by atoms with Crippen molar-refractivity contribution in [3.05, 3.63) is 23.9 Å². The summed E-state index contributed by atoms with van der Waals surface area (Å²) < 4.78 is 5.16. The number of nitrogens with zero attached hydrogens (tertiary/aromatic N) is 3. The van der Waals surface area contributed by atoms with Gasteiger partial charge in [0.2, 0.25) is 5.91 Å². The van der Waals surface area contributed by atoms with Gasteiger partial charge in [0.1, 0.15) is 5.82 Å². The summed E-state index contributed by atoms with van der Waals surface area (Å²) in [6, 6.07) is 4.00. The Labute approximate surface area is 144 Å². The Bertz CT molecular complexity index is 580. The van der Waals surface area contributed by atoms with Crippen LogP contribution in [0.15, 0.2) is 18.3 Å². The van der Waals surface area contributed by atoms with Crippen LogP contribution in [0.25, 0.3) is 0 Å². The third-order valence-electron chi connectivity index (χ3n) is 5.37. The molecule has 0 aromatic carbocycles. The first-order chi connectivity index (χ1) is 11.6. The van der Waals surface area contributed by atoms with E-state index in [0.29, 0.717) is 25.4 Å². The fourth-order valence-electron chi connectivity index (χ4n) is 4.11. The molecule has 2 fully saturated rings. The van der Waals surface area contributed by atoms with Crippen LogP contribution < -0.4 is 5.73 Å². The summed E-state index contributed by atoms with van der Waals surface area (Å²) in [7, 11) is 1.69. The molecule has 1 aromatic heterocycles. The molecule has 132 valence electrons. The average molecular weight is 332 g/mol. The van der Waals surface area contributed by atoms with Crippen molar-refractivity contribution < 1.29 is 9.53 Å². The first-order valence-corrected chi connectivity index (χ1v) is 8.80. The van der Waals surface area contributed by atoms with E-state index in [1.807, 2.05) is 11.0 Å². The fraction of sp³-hybridized carbons (Fsp3) is 0.667. The quantitative estimate of drug-likeness (QED) is 0.885. The van der Waals surface area contributed by atoms with Crippen LogP contribution in [0.1, 0.15) is 31.2 Å². The third-order valence-corrected chi connectivity index (χ3v) is 5.37. The summed E-state index contributed by atoms with van der Waals surface area (Å²) in [6.45, 7) is 5.12. The van der Waals surface area contributed by atoms with Gasteiger partial charge in [-0.3, -0.25) is 9.69 Å². The zero-order chi connectivity index (χ0) is 17.0. The van der Waals surface area contributed by atoms with E-state index in [9.17, 15) is 4.79 Å². The fourth-order valence-corrected chi connectivity index (χ4v) is 4.11. The number of ether oxygens (including phenoxy) is 1. The van der Waals surface area contributed by atoms with Crippen molar-refractivity contribution in [3.63, 3.8) is 0 Å². The minimum absolute atomic E-state index is 0.219. The molecular formula is C18H28N4O2. The molecule has 2 N–H and O–H groups in total. The van der Waals surface area contributed by atoms with Gasteiger partial charge in [-0.25, -0.2) is 4.98 Å². The molecule has 1 atom stereocenters. The van der Waals surface area contributed by atoms with Gasteiger partial charge in [-0.05, 0) is 31.9 Å². The van der Waals surface area contributed by atoms with Crippen LogP contribution in [0.3, 0.4) is 0 Å². The Morgan fingerprint density at radius 2 is 2.25 bits per heavy atom. The summed E-state index contributed by atoms with van der Waals surface area (Å²) in [4.78, 5) is 20.8. The van der Waals surface area contributed by atoms with Crippen LogP contribution in [-0.4, -0.2) is 60.6 Å². The number of likely N-dealkylation sites (tertiary alicyclic amines) is 2. The summed E-state index contributed by atoms with van der Waals surface area (Å²) in [5, 5.41) is 0. The lowest BCUT2D eigenvalue weighted by Crippen LogP contribution is -2.54. The largest absolute Gasteiger partial charge is 0.383 e. The molecular weight excluding hydrogens is 304 g/mol. The Balaban J connectivity index is 1.65. The number of nitrogen functional groups attached to an aromatic ring is 1. The predicted octanol–water partition coefficient (Wildman–Crippen LogP) is 1.51. The lowest BCUT2D eigenvalue weighted by atomic mass is 9.73. The van der Waals surface area contributed by atoms with E-state index in [1.54, 1.807) is 13.3 Å². The molecule has 3 heterocycles. The molecule has 0 radical (unpaired) electrons. The summed E-state index contributed by atoms with van der Waals surface area (Å²) >= 11 is 0. The molecule has 1 aromatic rings. The molecule has 0 unspecified atom stereocenters. The Hall–Kier alpha value is -1.66. The van der Waals surface area contributed by atoms with Crippen LogP contribution in [0.5, 0.6) is 0 Å². The van der Waals surface area contributed by atoms with Crippen molar-refractivity contribution in [2.75, 3.05) is 45.6 Å². The standard InChI is InChI=1S/C18H28N4O2/c1-24-11-10-22-14-18(7-5-16(22)23)6-3-9-21(13-18)12-15-4-2-8-20-17(15)19/h2,4,8H,3,5-7,9-14H2,1H3,(H2,19,20)/t18-/m1/s1. The van der Waals surface area contributed by atoms with Crippen molar-refractivity contribution >= 4 is 11.7 Å². The van der Waals surface area contributed by atoms with Crippen molar-refractivity contribution in [3.8, 4) is 0 Å². The van der Waals surface area contributed by atoms with E-state index in [2.05, 4.69) is 16.0 Å². The number of methoxy groups -OCH3 is 1. The highest BCUT2D eigenvalue weighted by Crippen LogP contribution is 2.39. The molecule has 24 heavy (non-hydrogen) atoms. The van der Waals surface area contributed by atoms with Gasteiger partial charge < -0.3 is 15.4 Å². The minimum atomic E-state index is 0.219. The van der Waals surface area contributed by atoms with Gasteiger partial charge in [0.25, 0.3) is 0 Å². The van der Waals surface area contributed by atoms with Crippen molar-refractivity contribution in [2.45, 2.75) is 32.2 Å². The highest BCUT2D eigenvalue weighted by atomic mass is 16.5. The van der Waals surface area contributed by atoms with Crippen LogP contribution in [0.4, 0.5) is 5.82 Å². The molecule has 2 aliphatic heterocycles. The first-order valence-electron chi connectivity index (χ1n) is 8.80. The first kappa shape index (κ1) is 17.2. The number of hydrogen-bond donors (Lipinski definition) is 1. The second-order valence-electron chi connectivity index (χ2n) is 7.17. The number of anilines is 1. The summed E-state index contributed by atoms with van der Waals surface area (Å²) in [5.74, 6) is 0.893. The summed E-state index contributed by atoms with van der Waals surface area (Å²) in [5.41, 5.74) is 7.31. The number of amides is 1. The van der Waals surface area contributed by atoms with E-state index in [1.165, 1.54) is 12.8 Å². The van der Waals surface area contributed by atoms with E-state index in [-0.39, 0.29) is 11.3 Å². The number of piperidine rings is 2. The predicted molar refractivity (Wildman–Crippen MR) is 93.3 cm³/mol. The van der Waals surface area contributed by atoms with E-state index in [0.717, 1.165) is 38.2 Å². The molecule has 2 saturated heterocycles. The van der Waals surface area contributed by atoms with Gasteiger partial charge in [-0.15, -0.1) is 0 Å².